The molecule has 1 aliphatic heterocycles. The SMILES string of the molecule is C=CCCn1c(=O)c2ccc(C(=O)NCc3ccc4c(c3)OCO4)cc2n(CC(=O)Nc2ccc(F)cc2F)c1=O. The third-order valence-corrected chi connectivity index (χ3v) is 6.44. The molecular formula is C29H24F2N4O6. The number of benzene rings is 3. The van der Waals surface area contributed by atoms with Crippen LogP contribution in [0.25, 0.3) is 10.9 Å². The lowest BCUT2D eigenvalue weighted by molar-refractivity contribution is -0.116. The van der Waals surface area contributed by atoms with Gasteiger partial charge in [0.25, 0.3) is 11.5 Å². The maximum Gasteiger partial charge on any atom is 0.331 e. The molecule has 3 aromatic carbocycles. The Labute approximate surface area is 231 Å². The first kappa shape index (κ1) is 27.3. The van der Waals surface area contributed by atoms with Gasteiger partial charge in [0.05, 0.1) is 16.6 Å². The van der Waals surface area contributed by atoms with E-state index in [4.69, 9.17) is 9.47 Å². The lowest BCUT2D eigenvalue weighted by Crippen LogP contribution is -2.42. The molecule has 0 bridgehead atoms. The molecule has 1 aliphatic rings. The molecule has 210 valence electrons. The number of hydrogen-bond donors (Lipinski definition) is 2. The van der Waals surface area contributed by atoms with E-state index in [0.717, 1.165) is 26.8 Å². The fourth-order valence-corrected chi connectivity index (χ4v) is 4.39. The van der Waals surface area contributed by atoms with Crippen LogP contribution in [0.15, 0.2) is 76.8 Å². The number of allylic oxidation sites excluding steroid dienone is 1. The van der Waals surface area contributed by atoms with Crippen molar-refractivity contribution >= 4 is 28.4 Å². The number of nitrogens with one attached hydrogen (secondary N) is 2. The zero-order chi connectivity index (χ0) is 29.1. The largest absolute Gasteiger partial charge is 0.454 e. The van der Waals surface area contributed by atoms with E-state index in [1.807, 2.05) is 0 Å². The molecule has 2 heterocycles. The number of halogens is 2. The Morgan fingerprint density at radius 3 is 2.56 bits per heavy atom. The highest BCUT2D eigenvalue weighted by Gasteiger charge is 2.19. The van der Waals surface area contributed by atoms with Crippen LogP contribution in [0.5, 0.6) is 11.5 Å². The highest BCUT2D eigenvalue weighted by molar-refractivity contribution is 5.98. The number of rotatable bonds is 9. The summed E-state index contributed by atoms with van der Waals surface area (Å²) in [7, 11) is 0. The Kier molecular flexibility index (Phi) is 7.64. The van der Waals surface area contributed by atoms with Crippen molar-refractivity contribution in [1.29, 1.82) is 0 Å². The van der Waals surface area contributed by atoms with Crippen molar-refractivity contribution in [3.8, 4) is 11.5 Å². The van der Waals surface area contributed by atoms with E-state index in [9.17, 15) is 28.0 Å². The molecule has 2 amide bonds. The zero-order valence-corrected chi connectivity index (χ0v) is 21.6. The summed E-state index contributed by atoms with van der Waals surface area (Å²) in [5.41, 5.74) is -0.732. The minimum Gasteiger partial charge on any atom is -0.454 e. The average molecular weight is 563 g/mol. The summed E-state index contributed by atoms with van der Waals surface area (Å²) >= 11 is 0. The second-order valence-corrected chi connectivity index (χ2v) is 9.18. The molecule has 5 rings (SSSR count). The van der Waals surface area contributed by atoms with Crippen LogP contribution in [0.1, 0.15) is 22.3 Å². The molecule has 2 N–H and O–H groups in total. The number of fused-ring (bicyclic) bond motifs is 2. The van der Waals surface area contributed by atoms with Crippen molar-refractivity contribution in [2.24, 2.45) is 0 Å². The van der Waals surface area contributed by atoms with E-state index in [1.165, 1.54) is 24.3 Å². The maximum absolute atomic E-state index is 14.1. The zero-order valence-electron chi connectivity index (χ0n) is 21.6. The van der Waals surface area contributed by atoms with Crippen LogP contribution in [-0.2, 0) is 24.4 Å². The summed E-state index contributed by atoms with van der Waals surface area (Å²) in [6, 6.07) is 12.1. The number of carbonyl (C=O) groups excluding carboxylic acids is 2. The van der Waals surface area contributed by atoms with Crippen molar-refractivity contribution in [3.63, 3.8) is 0 Å². The van der Waals surface area contributed by atoms with E-state index in [-0.39, 0.29) is 42.0 Å². The lowest BCUT2D eigenvalue weighted by atomic mass is 10.1. The van der Waals surface area contributed by atoms with Gasteiger partial charge in [0.2, 0.25) is 12.7 Å². The number of amides is 2. The van der Waals surface area contributed by atoms with Gasteiger partial charge in [-0.3, -0.25) is 23.5 Å². The number of nitrogens with zero attached hydrogens (tertiary/aromatic N) is 2. The Bertz CT molecular complexity index is 1810. The van der Waals surface area contributed by atoms with Crippen LogP contribution in [0.4, 0.5) is 14.5 Å². The van der Waals surface area contributed by atoms with E-state index >= 15 is 0 Å². The van der Waals surface area contributed by atoms with Crippen molar-refractivity contribution in [1.82, 2.24) is 14.5 Å². The standard InChI is InChI=1S/C29H24F2N4O6/c1-2-3-10-34-28(38)20-7-5-18(27(37)32-14-17-4-9-24-25(11-17)41-16-40-24)12-23(20)35(29(34)39)15-26(36)33-22-8-6-19(30)13-21(22)31/h2,4-9,11-13H,1,3,10,14-16H2,(H,32,37)(H,33,36). The first-order valence-electron chi connectivity index (χ1n) is 12.5. The van der Waals surface area contributed by atoms with Gasteiger partial charge in [0, 0.05) is 24.7 Å². The van der Waals surface area contributed by atoms with Crippen LogP contribution < -0.4 is 31.4 Å². The van der Waals surface area contributed by atoms with Gasteiger partial charge in [-0.05, 0) is 54.4 Å². The molecule has 12 heteroatoms. The van der Waals surface area contributed by atoms with E-state index in [2.05, 4.69) is 17.2 Å². The second kappa shape index (κ2) is 11.5. The second-order valence-electron chi connectivity index (χ2n) is 9.18. The van der Waals surface area contributed by atoms with Crippen LogP contribution in [-0.4, -0.2) is 27.7 Å². The molecule has 4 aromatic rings. The fraction of sp³-hybridized carbons (Fsp3) is 0.172. The van der Waals surface area contributed by atoms with Gasteiger partial charge in [0.1, 0.15) is 18.2 Å². The monoisotopic (exact) mass is 562 g/mol. The summed E-state index contributed by atoms with van der Waals surface area (Å²) < 4.78 is 40.0. The maximum atomic E-state index is 14.1. The molecule has 0 radical (unpaired) electrons. The van der Waals surface area contributed by atoms with E-state index in [0.29, 0.717) is 24.0 Å². The van der Waals surface area contributed by atoms with E-state index in [1.54, 1.807) is 18.2 Å². The quantitative estimate of drug-likeness (QED) is 0.302. The number of aromatic nitrogens is 2. The Morgan fingerprint density at radius 2 is 1.78 bits per heavy atom. The molecule has 0 aliphatic carbocycles. The number of hydrogen-bond acceptors (Lipinski definition) is 6. The molecular weight excluding hydrogens is 538 g/mol. The van der Waals surface area contributed by atoms with Crippen molar-refractivity contribution in [2.75, 3.05) is 12.1 Å². The lowest BCUT2D eigenvalue weighted by Gasteiger charge is -2.15. The van der Waals surface area contributed by atoms with Crippen molar-refractivity contribution in [2.45, 2.75) is 26.1 Å². The van der Waals surface area contributed by atoms with Gasteiger partial charge >= 0.3 is 5.69 Å². The van der Waals surface area contributed by atoms with Crippen molar-refractivity contribution in [3.05, 3.63) is 111 Å². The molecule has 0 unspecified atom stereocenters. The van der Waals surface area contributed by atoms with Gasteiger partial charge < -0.3 is 20.1 Å². The number of anilines is 1. The van der Waals surface area contributed by atoms with Crippen molar-refractivity contribution < 1.29 is 27.8 Å². The van der Waals surface area contributed by atoms with Gasteiger partial charge in [-0.1, -0.05) is 12.1 Å². The predicted molar refractivity (Wildman–Crippen MR) is 146 cm³/mol. The van der Waals surface area contributed by atoms with Crippen LogP contribution in [0.2, 0.25) is 0 Å². The molecule has 0 spiro atoms. The van der Waals surface area contributed by atoms with Crippen LogP contribution >= 0.6 is 0 Å². The Balaban J connectivity index is 1.46. The first-order valence-corrected chi connectivity index (χ1v) is 12.5. The van der Waals surface area contributed by atoms with Gasteiger partial charge in [0.15, 0.2) is 11.5 Å². The van der Waals surface area contributed by atoms with Gasteiger partial charge in [-0.25, -0.2) is 13.6 Å². The summed E-state index contributed by atoms with van der Waals surface area (Å²) in [5, 5.41) is 5.18. The Hall–Kier alpha value is -5.26. The highest BCUT2D eigenvalue weighted by atomic mass is 19.1. The summed E-state index contributed by atoms with van der Waals surface area (Å²) in [6.07, 6.45) is 1.85. The molecule has 0 saturated heterocycles. The highest BCUT2D eigenvalue weighted by Crippen LogP contribution is 2.32. The third kappa shape index (κ3) is 5.71. The fourth-order valence-electron chi connectivity index (χ4n) is 4.39. The Morgan fingerprint density at radius 1 is 0.976 bits per heavy atom. The molecule has 0 atom stereocenters. The number of ether oxygens (including phenoxy) is 2. The number of carbonyl (C=O) groups is 2. The molecule has 1 aromatic heterocycles. The summed E-state index contributed by atoms with van der Waals surface area (Å²) in [6.45, 7) is 3.30. The minimum absolute atomic E-state index is 0.0170. The normalized spacial score (nSPS) is 11.9. The third-order valence-electron chi connectivity index (χ3n) is 6.44. The summed E-state index contributed by atoms with van der Waals surface area (Å²) in [5.74, 6) is -1.92. The van der Waals surface area contributed by atoms with Gasteiger partial charge in [-0.2, -0.15) is 0 Å². The average Bonchev–Trinajstić information content (AvgIpc) is 3.43. The van der Waals surface area contributed by atoms with Crippen LogP contribution in [0.3, 0.4) is 0 Å². The van der Waals surface area contributed by atoms with Crippen LogP contribution in [0, 0.1) is 11.6 Å². The molecule has 10 nitrogen and oxygen atoms in total. The molecule has 41 heavy (non-hydrogen) atoms. The molecule has 0 fully saturated rings. The molecule has 0 saturated carbocycles. The first-order chi connectivity index (χ1) is 19.7. The predicted octanol–water partition coefficient (Wildman–Crippen LogP) is 3.31. The topological polar surface area (TPSA) is 121 Å². The van der Waals surface area contributed by atoms with Gasteiger partial charge in [-0.15, -0.1) is 6.58 Å². The smallest absolute Gasteiger partial charge is 0.331 e. The summed E-state index contributed by atoms with van der Waals surface area (Å²) in [4.78, 5) is 52.4. The van der Waals surface area contributed by atoms with E-state index < -0.39 is 41.2 Å². The minimum atomic E-state index is -0.993.